The number of fused-ring (bicyclic) bond motifs is 3. The van der Waals surface area contributed by atoms with Crippen molar-refractivity contribution in [3.8, 4) is 17.0 Å². The molecule has 1 N–H and O–H groups in total. The zero-order chi connectivity index (χ0) is 16.8. The standard InChI is InChI=1S/C18H20N2O2S/c1-5-8-20-16(21)14-15(19-17(20)23)13-7-6-12(22-4)9-11(13)10-18(14,2)3/h5-7,9H,1,8,10H2,2-4H3,(H,19,23). The minimum atomic E-state index is -0.283. The molecule has 5 heteroatoms. The largest absolute Gasteiger partial charge is 0.497 e. The lowest BCUT2D eigenvalue weighted by atomic mass is 9.72. The van der Waals surface area contributed by atoms with Crippen molar-refractivity contribution in [2.45, 2.75) is 32.2 Å². The number of aromatic amines is 1. The van der Waals surface area contributed by atoms with E-state index in [2.05, 4.69) is 25.4 Å². The molecule has 1 aromatic heterocycles. The lowest BCUT2D eigenvalue weighted by Gasteiger charge is -2.33. The second-order valence-corrected chi connectivity index (χ2v) is 6.86. The Labute approximate surface area is 140 Å². The van der Waals surface area contributed by atoms with Crippen LogP contribution in [0.15, 0.2) is 35.6 Å². The summed E-state index contributed by atoms with van der Waals surface area (Å²) < 4.78 is 7.32. The van der Waals surface area contributed by atoms with Gasteiger partial charge in [-0.15, -0.1) is 6.58 Å². The van der Waals surface area contributed by atoms with Crippen molar-refractivity contribution in [3.05, 3.63) is 57.1 Å². The highest BCUT2D eigenvalue weighted by molar-refractivity contribution is 7.71. The number of hydrogen-bond donors (Lipinski definition) is 1. The van der Waals surface area contributed by atoms with Crippen LogP contribution in [-0.2, 0) is 18.4 Å². The Morgan fingerprint density at radius 2 is 2.22 bits per heavy atom. The summed E-state index contributed by atoms with van der Waals surface area (Å²) in [5.41, 5.74) is 3.48. The van der Waals surface area contributed by atoms with Gasteiger partial charge in [0.2, 0.25) is 0 Å². The number of nitrogens with one attached hydrogen (secondary N) is 1. The first-order valence-electron chi connectivity index (χ1n) is 7.55. The first-order valence-corrected chi connectivity index (χ1v) is 7.95. The Hall–Kier alpha value is -2.14. The van der Waals surface area contributed by atoms with E-state index in [1.807, 2.05) is 18.2 Å². The lowest BCUT2D eigenvalue weighted by molar-refractivity contribution is 0.413. The molecule has 0 spiro atoms. The fourth-order valence-corrected chi connectivity index (χ4v) is 3.61. The van der Waals surface area contributed by atoms with E-state index in [-0.39, 0.29) is 11.0 Å². The van der Waals surface area contributed by atoms with Crippen LogP contribution in [0, 0.1) is 4.77 Å². The van der Waals surface area contributed by atoms with E-state index in [0.29, 0.717) is 11.3 Å². The van der Waals surface area contributed by atoms with Gasteiger partial charge in [-0.25, -0.2) is 0 Å². The summed E-state index contributed by atoms with van der Waals surface area (Å²) in [4.78, 5) is 16.2. The normalized spacial score (nSPS) is 14.7. The first kappa shape index (κ1) is 15.7. The third kappa shape index (κ3) is 2.45. The van der Waals surface area contributed by atoms with Gasteiger partial charge in [0.15, 0.2) is 4.77 Å². The van der Waals surface area contributed by atoms with E-state index in [1.54, 1.807) is 17.8 Å². The van der Waals surface area contributed by atoms with Gasteiger partial charge in [0.1, 0.15) is 5.75 Å². The van der Waals surface area contributed by atoms with Crippen molar-refractivity contribution in [3.63, 3.8) is 0 Å². The molecule has 1 heterocycles. The van der Waals surface area contributed by atoms with Crippen LogP contribution in [0.4, 0.5) is 0 Å². The molecule has 0 radical (unpaired) electrons. The highest BCUT2D eigenvalue weighted by Gasteiger charge is 2.35. The summed E-state index contributed by atoms with van der Waals surface area (Å²) in [7, 11) is 1.66. The van der Waals surface area contributed by atoms with Gasteiger partial charge in [-0.05, 0) is 42.4 Å². The molecule has 0 saturated carbocycles. The smallest absolute Gasteiger partial charge is 0.258 e. The molecular formula is C18H20N2O2S. The van der Waals surface area contributed by atoms with E-state index < -0.39 is 0 Å². The molecule has 0 amide bonds. The second-order valence-electron chi connectivity index (χ2n) is 6.47. The average Bonchev–Trinajstić information content (AvgIpc) is 2.49. The molecule has 1 aliphatic rings. The molecule has 23 heavy (non-hydrogen) atoms. The number of H-pyrrole nitrogens is 1. The summed E-state index contributed by atoms with van der Waals surface area (Å²) >= 11 is 5.38. The number of hydrogen-bond acceptors (Lipinski definition) is 3. The highest BCUT2D eigenvalue weighted by atomic mass is 32.1. The summed E-state index contributed by atoms with van der Waals surface area (Å²) in [6, 6.07) is 5.93. The fraction of sp³-hybridized carbons (Fsp3) is 0.333. The number of rotatable bonds is 3. The van der Waals surface area contributed by atoms with Gasteiger partial charge in [0.05, 0.1) is 12.8 Å². The third-order valence-electron chi connectivity index (χ3n) is 4.39. The number of methoxy groups -OCH3 is 1. The highest BCUT2D eigenvalue weighted by Crippen LogP contribution is 2.41. The van der Waals surface area contributed by atoms with Gasteiger partial charge >= 0.3 is 0 Å². The van der Waals surface area contributed by atoms with Crippen molar-refractivity contribution in [2.24, 2.45) is 0 Å². The third-order valence-corrected chi connectivity index (χ3v) is 4.71. The summed E-state index contributed by atoms with van der Waals surface area (Å²) in [5.74, 6) is 0.821. The van der Waals surface area contributed by atoms with Gasteiger partial charge < -0.3 is 9.72 Å². The summed E-state index contributed by atoms with van der Waals surface area (Å²) in [6.07, 6.45) is 2.46. The minimum absolute atomic E-state index is 0.0323. The number of ether oxygens (including phenoxy) is 1. The predicted octanol–water partition coefficient (Wildman–Crippen LogP) is 3.60. The van der Waals surface area contributed by atoms with Gasteiger partial charge in [-0.1, -0.05) is 19.9 Å². The molecule has 0 unspecified atom stereocenters. The molecule has 0 bridgehead atoms. The number of nitrogens with zero attached hydrogens (tertiary/aromatic N) is 1. The molecule has 120 valence electrons. The second kappa shape index (κ2) is 5.49. The molecular weight excluding hydrogens is 308 g/mol. The molecule has 0 saturated heterocycles. The summed E-state index contributed by atoms with van der Waals surface area (Å²) in [5, 5.41) is 0. The van der Waals surface area contributed by atoms with Gasteiger partial charge in [0.25, 0.3) is 5.56 Å². The molecule has 0 atom stereocenters. The Bertz CT molecular complexity index is 906. The Morgan fingerprint density at radius 3 is 2.87 bits per heavy atom. The number of benzene rings is 1. The van der Waals surface area contributed by atoms with Gasteiger partial charge in [-0.3, -0.25) is 9.36 Å². The van der Waals surface area contributed by atoms with Crippen LogP contribution in [-0.4, -0.2) is 16.7 Å². The van der Waals surface area contributed by atoms with E-state index in [0.717, 1.165) is 34.6 Å². The molecule has 3 rings (SSSR count). The molecule has 1 aliphatic carbocycles. The maximum Gasteiger partial charge on any atom is 0.258 e. The Kier molecular flexibility index (Phi) is 3.76. The summed E-state index contributed by atoms with van der Waals surface area (Å²) in [6.45, 7) is 8.29. The quantitative estimate of drug-likeness (QED) is 0.692. The molecule has 2 aromatic rings. The van der Waals surface area contributed by atoms with Crippen LogP contribution in [0.3, 0.4) is 0 Å². The lowest BCUT2D eigenvalue weighted by Crippen LogP contribution is -2.37. The maximum atomic E-state index is 13.0. The van der Waals surface area contributed by atoms with Crippen molar-refractivity contribution in [2.75, 3.05) is 7.11 Å². The Balaban J connectivity index is 2.36. The van der Waals surface area contributed by atoms with Crippen molar-refractivity contribution >= 4 is 12.2 Å². The van der Waals surface area contributed by atoms with Crippen molar-refractivity contribution in [1.29, 1.82) is 0 Å². The average molecular weight is 328 g/mol. The minimum Gasteiger partial charge on any atom is -0.497 e. The zero-order valence-corrected chi connectivity index (χ0v) is 14.4. The number of allylic oxidation sites excluding steroid dienone is 1. The first-order chi connectivity index (χ1) is 10.9. The number of aromatic nitrogens is 2. The zero-order valence-electron chi connectivity index (χ0n) is 13.6. The van der Waals surface area contributed by atoms with Crippen molar-refractivity contribution < 1.29 is 4.74 Å². The van der Waals surface area contributed by atoms with E-state index >= 15 is 0 Å². The molecule has 0 aliphatic heterocycles. The SMILES string of the molecule is C=CCn1c(=S)[nH]c2c(c1=O)C(C)(C)Cc1cc(OC)ccc1-2. The van der Waals surface area contributed by atoms with Crippen LogP contribution < -0.4 is 10.3 Å². The van der Waals surface area contributed by atoms with Crippen LogP contribution in [0.1, 0.15) is 25.0 Å². The molecule has 1 aromatic carbocycles. The monoisotopic (exact) mass is 328 g/mol. The van der Waals surface area contributed by atoms with Crippen LogP contribution in [0.5, 0.6) is 5.75 Å². The predicted molar refractivity (Wildman–Crippen MR) is 94.8 cm³/mol. The van der Waals surface area contributed by atoms with E-state index in [9.17, 15) is 4.79 Å². The van der Waals surface area contributed by atoms with E-state index in [1.165, 1.54) is 0 Å². The fourth-order valence-electron chi connectivity index (χ4n) is 3.35. The van der Waals surface area contributed by atoms with Gasteiger partial charge in [0, 0.05) is 23.1 Å². The Morgan fingerprint density at radius 1 is 1.48 bits per heavy atom. The van der Waals surface area contributed by atoms with E-state index in [4.69, 9.17) is 17.0 Å². The topological polar surface area (TPSA) is 47.0 Å². The van der Waals surface area contributed by atoms with Gasteiger partial charge in [-0.2, -0.15) is 0 Å². The molecule has 4 nitrogen and oxygen atoms in total. The molecule has 0 fully saturated rings. The van der Waals surface area contributed by atoms with Crippen LogP contribution >= 0.6 is 12.2 Å². The van der Waals surface area contributed by atoms with Crippen molar-refractivity contribution in [1.82, 2.24) is 9.55 Å². The van der Waals surface area contributed by atoms with Crippen LogP contribution in [0.25, 0.3) is 11.3 Å². The maximum absolute atomic E-state index is 13.0. The van der Waals surface area contributed by atoms with Crippen LogP contribution in [0.2, 0.25) is 0 Å².